The third kappa shape index (κ3) is 3.43. The van der Waals surface area contributed by atoms with Crippen LogP contribution in [0.4, 0.5) is 4.39 Å². The van der Waals surface area contributed by atoms with Gasteiger partial charge in [0, 0.05) is 31.1 Å². The highest BCUT2D eigenvalue weighted by atomic mass is 19.1. The van der Waals surface area contributed by atoms with Crippen molar-refractivity contribution in [3.8, 4) is 11.5 Å². The number of nitrogens with zero attached hydrogens (tertiary/aromatic N) is 1. The van der Waals surface area contributed by atoms with E-state index in [-0.39, 0.29) is 17.5 Å². The van der Waals surface area contributed by atoms with E-state index in [4.69, 9.17) is 9.47 Å². The number of hydrogen-bond acceptors (Lipinski definition) is 3. The Morgan fingerprint density at radius 3 is 2.54 bits per heavy atom. The van der Waals surface area contributed by atoms with Crippen molar-refractivity contribution in [2.24, 2.45) is 0 Å². The van der Waals surface area contributed by atoms with Crippen LogP contribution in [0.1, 0.15) is 38.2 Å². The molecule has 4 heteroatoms. The molecule has 0 aromatic heterocycles. The molecule has 0 saturated carbocycles. The summed E-state index contributed by atoms with van der Waals surface area (Å²) in [5, 5.41) is 0. The summed E-state index contributed by atoms with van der Waals surface area (Å²) in [6.45, 7) is 7.26. The molecule has 4 rings (SSSR count). The third-order valence-corrected chi connectivity index (χ3v) is 5.61. The molecule has 2 aromatic carbocycles. The molecule has 1 atom stereocenters. The fourth-order valence-electron chi connectivity index (χ4n) is 4.10. The predicted molar refractivity (Wildman–Crippen MR) is 100 cm³/mol. The van der Waals surface area contributed by atoms with Gasteiger partial charge in [0.05, 0.1) is 0 Å². The van der Waals surface area contributed by atoms with Crippen molar-refractivity contribution in [2.75, 3.05) is 19.6 Å². The van der Waals surface area contributed by atoms with Crippen molar-refractivity contribution < 1.29 is 13.9 Å². The maximum atomic E-state index is 13.8. The lowest BCUT2D eigenvalue weighted by Gasteiger charge is -2.36. The Kier molecular flexibility index (Phi) is 4.62. The van der Waals surface area contributed by atoms with E-state index in [1.165, 1.54) is 11.6 Å². The van der Waals surface area contributed by atoms with Crippen LogP contribution in [-0.4, -0.2) is 36.2 Å². The zero-order valence-corrected chi connectivity index (χ0v) is 15.5. The van der Waals surface area contributed by atoms with Crippen molar-refractivity contribution in [1.82, 2.24) is 4.90 Å². The second-order valence-electron chi connectivity index (χ2n) is 7.84. The van der Waals surface area contributed by atoms with Gasteiger partial charge in [0.1, 0.15) is 17.5 Å². The minimum absolute atomic E-state index is 0.0864. The normalized spacial score (nSPS) is 22.7. The van der Waals surface area contributed by atoms with Gasteiger partial charge in [-0.25, -0.2) is 4.39 Å². The van der Waals surface area contributed by atoms with E-state index in [2.05, 4.69) is 36.9 Å². The summed E-state index contributed by atoms with van der Waals surface area (Å²) >= 11 is 0. The van der Waals surface area contributed by atoms with E-state index in [0.29, 0.717) is 11.7 Å². The second kappa shape index (κ2) is 6.92. The molecule has 26 heavy (non-hydrogen) atoms. The lowest BCUT2D eigenvalue weighted by molar-refractivity contribution is 0.0614. The van der Waals surface area contributed by atoms with Crippen LogP contribution in [-0.2, 0) is 0 Å². The first-order chi connectivity index (χ1) is 12.5. The zero-order valence-electron chi connectivity index (χ0n) is 15.5. The molecule has 0 radical (unpaired) electrons. The molecule has 2 aromatic rings. The van der Waals surface area contributed by atoms with Crippen molar-refractivity contribution in [2.45, 2.75) is 44.3 Å². The van der Waals surface area contributed by atoms with Crippen LogP contribution in [0, 0.1) is 5.82 Å². The molecule has 1 saturated heterocycles. The maximum absolute atomic E-state index is 13.8. The Labute approximate surface area is 154 Å². The molecule has 2 aliphatic heterocycles. The number of piperidine rings is 1. The van der Waals surface area contributed by atoms with Crippen LogP contribution < -0.4 is 9.47 Å². The molecule has 0 N–H and O–H groups in total. The largest absolute Gasteiger partial charge is 0.487 e. The fourth-order valence-corrected chi connectivity index (χ4v) is 4.10. The molecule has 138 valence electrons. The van der Waals surface area contributed by atoms with Crippen LogP contribution in [0.2, 0.25) is 0 Å². The quantitative estimate of drug-likeness (QED) is 0.798. The minimum atomic E-state index is -0.281. The molecule has 0 aliphatic carbocycles. The number of fused-ring (bicyclic) bond motifs is 1. The SMILES string of the molecule is CC1(C)Oc2ccccc2C1CN1CCC(Oc2ccccc2F)CC1. The number of benzene rings is 2. The highest BCUT2D eigenvalue weighted by Crippen LogP contribution is 2.44. The summed E-state index contributed by atoms with van der Waals surface area (Å²) < 4.78 is 25.8. The molecule has 2 aliphatic rings. The first-order valence-electron chi connectivity index (χ1n) is 9.44. The first kappa shape index (κ1) is 17.3. The Bertz CT molecular complexity index is 768. The van der Waals surface area contributed by atoms with Gasteiger partial charge in [0.25, 0.3) is 0 Å². The van der Waals surface area contributed by atoms with E-state index in [0.717, 1.165) is 38.2 Å². The topological polar surface area (TPSA) is 21.7 Å². The van der Waals surface area contributed by atoms with Crippen LogP contribution in [0.15, 0.2) is 48.5 Å². The van der Waals surface area contributed by atoms with Gasteiger partial charge < -0.3 is 14.4 Å². The van der Waals surface area contributed by atoms with E-state index in [1.807, 2.05) is 12.1 Å². The molecule has 0 bridgehead atoms. The van der Waals surface area contributed by atoms with Gasteiger partial charge in [-0.15, -0.1) is 0 Å². The Hall–Kier alpha value is -2.07. The molecule has 1 unspecified atom stereocenters. The number of halogens is 1. The van der Waals surface area contributed by atoms with E-state index in [9.17, 15) is 4.39 Å². The summed E-state index contributed by atoms with van der Waals surface area (Å²) in [5.74, 6) is 1.46. The molecular formula is C22H26FNO2. The molecule has 3 nitrogen and oxygen atoms in total. The summed E-state index contributed by atoms with van der Waals surface area (Å²) in [6, 6.07) is 15.0. The summed E-state index contributed by atoms with van der Waals surface area (Å²) in [7, 11) is 0. The standard InChI is InChI=1S/C22H26FNO2/c1-22(2)18(17-7-3-5-9-20(17)26-22)15-24-13-11-16(12-14-24)25-21-10-6-4-8-19(21)23/h3-10,16,18H,11-15H2,1-2H3. The van der Waals surface area contributed by atoms with Crippen molar-refractivity contribution in [1.29, 1.82) is 0 Å². The zero-order chi connectivity index (χ0) is 18.1. The Morgan fingerprint density at radius 2 is 1.77 bits per heavy atom. The molecule has 0 spiro atoms. The number of ether oxygens (including phenoxy) is 2. The van der Waals surface area contributed by atoms with Crippen LogP contribution in [0.3, 0.4) is 0 Å². The average Bonchev–Trinajstić information content (AvgIpc) is 2.88. The Morgan fingerprint density at radius 1 is 1.08 bits per heavy atom. The summed E-state index contributed by atoms with van der Waals surface area (Å²) in [4.78, 5) is 2.49. The number of likely N-dealkylation sites (tertiary alicyclic amines) is 1. The number of para-hydroxylation sites is 2. The Balaban J connectivity index is 1.36. The average molecular weight is 355 g/mol. The maximum Gasteiger partial charge on any atom is 0.165 e. The number of hydrogen-bond donors (Lipinski definition) is 0. The smallest absolute Gasteiger partial charge is 0.165 e. The van der Waals surface area contributed by atoms with Crippen molar-refractivity contribution in [3.05, 3.63) is 59.9 Å². The monoisotopic (exact) mass is 355 g/mol. The van der Waals surface area contributed by atoms with E-state index < -0.39 is 0 Å². The highest BCUT2D eigenvalue weighted by Gasteiger charge is 2.42. The van der Waals surface area contributed by atoms with E-state index in [1.54, 1.807) is 12.1 Å². The van der Waals surface area contributed by atoms with Gasteiger partial charge in [-0.2, -0.15) is 0 Å². The van der Waals surface area contributed by atoms with E-state index >= 15 is 0 Å². The summed E-state index contributed by atoms with van der Waals surface area (Å²) in [5.41, 5.74) is 1.12. The summed E-state index contributed by atoms with van der Waals surface area (Å²) in [6.07, 6.45) is 1.93. The van der Waals surface area contributed by atoms with Gasteiger partial charge in [-0.3, -0.25) is 0 Å². The lowest BCUT2D eigenvalue weighted by Crippen LogP contribution is -2.44. The molecule has 0 amide bonds. The third-order valence-electron chi connectivity index (χ3n) is 5.61. The van der Waals surface area contributed by atoms with Crippen LogP contribution in [0.5, 0.6) is 11.5 Å². The second-order valence-corrected chi connectivity index (χ2v) is 7.84. The highest BCUT2D eigenvalue weighted by molar-refractivity contribution is 5.42. The first-order valence-corrected chi connectivity index (χ1v) is 9.44. The van der Waals surface area contributed by atoms with Gasteiger partial charge in [-0.1, -0.05) is 30.3 Å². The lowest BCUT2D eigenvalue weighted by atomic mass is 9.86. The van der Waals surface area contributed by atoms with Gasteiger partial charge in [0.15, 0.2) is 11.6 Å². The predicted octanol–water partition coefficient (Wildman–Crippen LogP) is 4.62. The minimum Gasteiger partial charge on any atom is -0.487 e. The van der Waals surface area contributed by atoms with Gasteiger partial charge >= 0.3 is 0 Å². The van der Waals surface area contributed by atoms with Gasteiger partial charge in [-0.05, 0) is 44.9 Å². The molecule has 2 heterocycles. The van der Waals surface area contributed by atoms with Crippen molar-refractivity contribution in [3.63, 3.8) is 0 Å². The molecular weight excluding hydrogens is 329 g/mol. The fraction of sp³-hybridized carbons (Fsp3) is 0.455. The van der Waals surface area contributed by atoms with Gasteiger partial charge in [0.2, 0.25) is 0 Å². The van der Waals surface area contributed by atoms with Crippen LogP contribution in [0.25, 0.3) is 0 Å². The van der Waals surface area contributed by atoms with Crippen LogP contribution >= 0.6 is 0 Å². The molecule has 1 fully saturated rings. The van der Waals surface area contributed by atoms with Crippen molar-refractivity contribution >= 4 is 0 Å². The number of rotatable bonds is 4.